The lowest BCUT2D eigenvalue weighted by Gasteiger charge is -2.47. The van der Waals surface area contributed by atoms with Crippen LogP contribution in [0.3, 0.4) is 0 Å². The molecule has 0 aromatic carbocycles. The molecule has 0 spiro atoms. The van der Waals surface area contributed by atoms with E-state index in [9.17, 15) is 0 Å². The molecule has 60 valence electrons. The summed E-state index contributed by atoms with van der Waals surface area (Å²) in [4.78, 5) is 0. The minimum absolute atomic E-state index is 0.106. The Balaban J connectivity index is 1.99. The van der Waals surface area contributed by atoms with Gasteiger partial charge in [-0.3, -0.25) is 0 Å². The first-order valence-electron chi connectivity index (χ1n) is 3.99. The predicted molar refractivity (Wildman–Crippen MR) is 37.3 cm³/mol. The van der Waals surface area contributed by atoms with Crippen molar-refractivity contribution in [3.63, 3.8) is 0 Å². The Morgan fingerprint density at radius 2 is 2.09 bits per heavy atom. The first-order valence-corrected chi connectivity index (χ1v) is 3.99. The molecule has 2 fully saturated rings. The van der Waals surface area contributed by atoms with Crippen LogP contribution in [0, 0.1) is 16.7 Å². The lowest BCUT2D eigenvalue weighted by atomic mass is 9.69. The Morgan fingerprint density at radius 1 is 1.45 bits per heavy atom. The van der Waals surface area contributed by atoms with Crippen molar-refractivity contribution in [2.24, 2.45) is 5.41 Å². The molecule has 0 aromatic heterocycles. The normalized spacial score (nSPS) is 40.0. The quantitative estimate of drug-likeness (QED) is 0.571. The number of hydrogen-bond donors (Lipinski definition) is 0. The molecule has 0 unspecified atom stereocenters. The van der Waals surface area contributed by atoms with Gasteiger partial charge in [0.1, 0.15) is 5.41 Å². The van der Waals surface area contributed by atoms with E-state index in [0.717, 1.165) is 19.3 Å². The maximum absolute atomic E-state index is 8.85. The molecule has 2 rings (SSSR count). The summed E-state index contributed by atoms with van der Waals surface area (Å²) >= 11 is 0. The zero-order chi connectivity index (χ0) is 7.90. The highest BCUT2D eigenvalue weighted by atomic mass is 16.9. The van der Waals surface area contributed by atoms with Crippen molar-refractivity contribution in [1.29, 1.82) is 5.26 Å². The molecule has 11 heavy (non-hydrogen) atoms. The van der Waals surface area contributed by atoms with Gasteiger partial charge in [0.05, 0.1) is 6.07 Å². The molecule has 0 N–H and O–H groups in total. The smallest absolute Gasteiger partial charge is 0.182 e. The summed E-state index contributed by atoms with van der Waals surface area (Å²) in [5.74, 6) is 0. The standard InChI is InChI=1S/C8H11NO2/c1-6-10-7(11-6)8(5-9)3-2-4-8/h6-7H,2-4H2,1H3. The van der Waals surface area contributed by atoms with Crippen LogP contribution in [0.5, 0.6) is 0 Å². The Labute approximate surface area is 65.9 Å². The van der Waals surface area contributed by atoms with Gasteiger partial charge < -0.3 is 9.47 Å². The van der Waals surface area contributed by atoms with E-state index in [-0.39, 0.29) is 18.0 Å². The topological polar surface area (TPSA) is 42.2 Å². The molecule has 1 saturated heterocycles. The van der Waals surface area contributed by atoms with E-state index in [0.29, 0.717) is 0 Å². The Kier molecular flexibility index (Phi) is 1.41. The van der Waals surface area contributed by atoms with Crippen molar-refractivity contribution >= 4 is 0 Å². The van der Waals surface area contributed by atoms with E-state index in [1.165, 1.54) is 0 Å². The first-order chi connectivity index (χ1) is 5.27. The molecule has 1 heterocycles. The fourth-order valence-corrected chi connectivity index (χ4v) is 1.58. The molecule has 3 heteroatoms. The zero-order valence-corrected chi connectivity index (χ0v) is 6.54. The summed E-state index contributed by atoms with van der Waals surface area (Å²) in [6, 6.07) is 2.29. The van der Waals surface area contributed by atoms with Crippen molar-refractivity contribution < 1.29 is 9.47 Å². The van der Waals surface area contributed by atoms with Gasteiger partial charge in [-0.25, -0.2) is 0 Å². The van der Waals surface area contributed by atoms with Crippen LogP contribution in [0.1, 0.15) is 26.2 Å². The number of nitriles is 1. The van der Waals surface area contributed by atoms with Gasteiger partial charge in [0.15, 0.2) is 12.6 Å². The third kappa shape index (κ3) is 0.867. The number of rotatable bonds is 1. The van der Waals surface area contributed by atoms with Crippen LogP contribution in [-0.2, 0) is 9.47 Å². The second-order valence-corrected chi connectivity index (χ2v) is 3.29. The number of nitrogens with zero attached hydrogens (tertiary/aromatic N) is 1. The van der Waals surface area contributed by atoms with Crippen LogP contribution in [0.4, 0.5) is 0 Å². The molecule has 0 bridgehead atoms. The largest absolute Gasteiger partial charge is 0.322 e. The minimum atomic E-state index is -0.299. The summed E-state index contributed by atoms with van der Waals surface area (Å²) in [5, 5.41) is 8.85. The van der Waals surface area contributed by atoms with E-state index in [2.05, 4.69) is 6.07 Å². The summed E-state index contributed by atoms with van der Waals surface area (Å²) in [7, 11) is 0. The summed E-state index contributed by atoms with van der Waals surface area (Å²) in [6.07, 6.45) is 2.65. The highest BCUT2D eigenvalue weighted by molar-refractivity contribution is 5.08. The fourth-order valence-electron chi connectivity index (χ4n) is 1.58. The predicted octanol–water partition coefficient (Wildman–Crippen LogP) is 1.40. The Hall–Kier alpha value is -0.590. The number of hydrogen-bond acceptors (Lipinski definition) is 3. The summed E-state index contributed by atoms with van der Waals surface area (Å²) in [5.41, 5.74) is -0.299. The van der Waals surface area contributed by atoms with Gasteiger partial charge in [-0.05, 0) is 26.2 Å². The monoisotopic (exact) mass is 153 g/mol. The average Bonchev–Trinajstić information content (AvgIpc) is 1.83. The minimum Gasteiger partial charge on any atom is -0.322 e. The van der Waals surface area contributed by atoms with Gasteiger partial charge >= 0.3 is 0 Å². The molecule has 0 radical (unpaired) electrons. The van der Waals surface area contributed by atoms with Gasteiger partial charge in [0.25, 0.3) is 0 Å². The van der Waals surface area contributed by atoms with Crippen LogP contribution in [0.25, 0.3) is 0 Å². The summed E-state index contributed by atoms with van der Waals surface area (Å²) < 4.78 is 10.6. The lowest BCUT2D eigenvalue weighted by Crippen LogP contribution is -2.53. The van der Waals surface area contributed by atoms with Crippen LogP contribution >= 0.6 is 0 Å². The van der Waals surface area contributed by atoms with Gasteiger partial charge in [-0.2, -0.15) is 5.26 Å². The fraction of sp³-hybridized carbons (Fsp3) is 0.875. The molecule has 0 amide bonds. The highest BCUT2D eigenvalue weighted by Gasteiger charge is 2.51. The Morgan fingerprint density at radius 3 is 2.36 bits per heavy atom. The molecule has 3 nitrogen and oxygen atoms in total. The Bertz CT molecular complexity index is 199. The van der Waals surface area contributed by atoms with Gasteiger partial charge in [-0.15, -0.1) is 0 Å². The third-order valence-electron chi connectivity index (χ3n) is 2.55. The SMILES string of the molecule is CC1OC(C2(C#N)CCC2)O1. The van der Waals surface area contributed by atoms with Crippen molar-refractivity contribution in [2.45, 2.75) is 38.8 Å². The van der Waals surface area contributed by atoms with Crippen LogP contribution in [0.2, 0.25) is 0 Å². The highest BCUT2D eigenvalue weighted by Crippen LogP contribution is 2.48. The zero-order valence-electron chi connectivity index (χ0n) is 6.54. The van der Waals surface area contributed by atoms with E-state index in [1.807, 2.05) is 6.92 Å². The number of ether oxygens (including phenoxy) is 2. The van der Waals surface area contributed by atoms with Crippen molar-refractivity contribution in [2.75, 3.05) is 0 Å². The molecule has 0 aromatic rings. The van der Waals surface area contributed by atoms with Crippen LogP contribution in [-0.4, -0.2) is 12.6 Å². The summed E-state index contributed by atoms with van der Waals surface area (Å²) in [6.45, 7) is 1.85. The molecular weight excluding hydrogens is 142 g/mol. The van der Waals surface area contributed by atoms with E-state index in [4.69, 9.17) is 14.7 Å². The molecule has 0 atom stereocenters. The molecule has 1 aliphatic carbocycles. The molecule has 1 aliphatic heterocycles. The first kappa shape index (κ1) is 7.08. The van der Waals surface area contributed by atoms with Gasteiger partial charge in [0, 0.05) is 0 Å². The molecular formula is C8H11NO2. The van der Waals surface area contributed by atoms with Crippen LogP contribution in [0.15, 0.2) is 0 Å². The second-order valence-electron chi connectivity index (χ2n) is 3.29. The average molecular weight is 153 g/mol. The van der Waals surface area contributed by atoms with E-state index >= 15 is 0 Å². The molecule has 1 saturated carbocycles. The van der Waals surface area contributed by atoms with E-state index in [1.54, 1.807) is 0 Å². The lowest BCUT2D eigenvalue weighted by molar-refractivity contribution is -0.410. The maximum Gasteiger partial charge on any atom is 0.182 e. The van der Waals surface area contributed by atoms with Crippen molar-refractivity contribution in [1.82, 2.24) is 0 Å². The molecule has 2 aliphatic rings. The second kappa shape index (κ2) is 2.20. The van der Waals surface area contributed by atoms with Crippen molar-refractivity contribution in [3.8, 4) is 6.07 Å². The maximum atomic E-state index is 8.85. The van der Waals surface area contributed by atoms with Gasteiger partial charge in [-0.1, -0.05) is 0 Å². The van der Waals surface area contributed by atoms with E-state index < -0.39 is 0 Å². The van der Waals surface area contributed by atoms with Crippen LogP contribution < -0.4 is 0 Å². The van der Waals surface area contributed by atoms with Crippen molar-refractivity contribution in [3.05, 3.63) is 0 Å². The van der Waals surface area contributed by atoms with Gasteiger partial charge in [0.2, 0.25) is 0 Å². The third-order valence-corrected chi connectivity index (χ3v) is 2.55.